The molecule has 9 heteroatoms. The van der Waals surface area contributed by atoms with Crippen molar-refractivity contribution in [2.45, 2.75) is 19.4 Å². The topological polar surface area (TPSA) is 92.8 Å². The van der Waals surface area contributed by atoms with Gasteiger partial charge in [-0.3, -0.25) is 4.79 Å². The van der Waals surface area contributed by atoms with E-state index in [1.54, 1.807) is 25.3 Å². The minimum Gasteiger partial charge on any atom is -0.493 e. The fourth-order valence-corrected chi connectivity index (χ4v) is 3.65. The van der Waals surface area contributed by atoms with Crippen LogP contribution in [0.5, 0.6) is 11.5 Å². The first-order chi connectivity index (χ1) is 13.6. The fourth-order valence-electron chi connectivity index (χ4n) is 3.12. The maximum Gasteiger partial charge on any atom is 0.317 e. The van der Waals surface area contributed by atoms with Gasteiger partial charge in [0.25, 0.3) is 0 Å². The second kappa shape index (κ2) is 9.41. The van der Waals surface area contributed by atoms with E-state index >= 15 is 0 Å². The number of hydrogen-bond acceptors (Lipinski definition) is 6. The molecule has 0 radical (unpaired) electrons. The Morgan fingerprint density at radius 3 is 2.61 bits per heavy atom. The molecule has 28 heavy (non-hydrogen) atoms. The number of benzene rings is 1. The summed E-state index contributed by atoms with van der Waals surface area (Å²) in [6.45, 7) is 1.49. The van der Waals surface area contributed by atoms with Crippen LogP contribution >= 0.6 is 11.3 Å². The first-order valence-corrected chi connectivity index (χ1v) is 9.92. The molecule has 3 rings (SSSR count). The predicted molar refractivity (Wildman–Crippen MR) is 107 cm³/mol. The van der Waals surface area contributed by atoms with Crippen molar-refractivity contribution < 1.29 is 19.1 Å². The van der Waals surface area contributed by atoms with E-state index in [0.29, 0.717) is 49.1 Å². The van der Waals surface area contributed by atoms with Crippen LogP contribution in [0.25, 0.3) is 0 Å². The summed E-state index contributed by atoms with van der Waals surface area (Å²) in [7, 11) is 3.16. The molecule has 0 bridgehead atoms. The number of anilines is 1. The van der Waals surface area contributed by atoms with Crippen LogP contribution in [0, 0.1) is 5.92 Å². The monoisotopic (exact) mass is 404 g/mol. The van der Waals surface area contributed by atoms with Crippen molar-refractivity contribution in [1.29, 1.82) is 0 Å². The lowest BCUT2D eigenvalue weighted by Gasteiger charge is -2.31. The fraction of sp³-hybridized carbons (Fsp3) is 0.421. The number of rotatable bonds is 6. The van der Waals surface area contributed by atoms with E-state index in [-0.39, 0.29) is 17.9 Å². The van der Waals surface area contributed by atoms with E-state index in [1.165, 1.54) is 11.3 Å². The lowest BCUT2D eigenvalue weighted by atomic mass is 9.96. The number of carbonyl (C=O) groups excluding carboxylic acids is 2. The molecule has 0 saturated carbocycles. The van der Waals surface area contributed by atoms with Crippen molar-refractivity contribution in [3.63, 3.8) is 0 Å². The van der Waals surface area contributed by atoms with E-state index in [0.717, 1.165) is 5.56 Å². The zero-order valence-corrected chi connectivity index (χ0v) is 16.8. The zero-order valence-electron chi connectivity index (χ0n) is 15.9. The third-order valence-electron chi connectivity index (χ3n) is 4.71. The molecular formula is C19H24N4O4S. The van der Waals surface area contributed by atoms with Gasteiger partial charge in [0.2, 0.25) is 5.91 Å². The van der Waals surface area contributed by atoms with E-state index < -0.39 is 0 Å². The number of thiazole rings is 1. The van der Waals surface area contributed by atoms with Gasteiger partial charge in [-0.05, 0) is 30.5 Å². The van der Waals surface area contributed by atoms with Crippen LogP contribution in [0.4, 0.5) is 9.93 Å². The second-order valence-corrected chi connectivity index (χ2v) is 7.33. The average molecular weight is 404 g/mol. The Morgan fingerprint density at radius 1 is 1.21 bits per heavy atom. The van der Waals surface area contributed by atoms with Crippen LogP contribution in [-0.2, 0) is 11.3 Å². The molecule has 1 aliphatic rings. The molecule has 2 heterocycles. The minimum atomic E-state index is -0.131. The average Bonchev–Trinajstić information content (AvgIpc) is 3.24. The summed E-state index contributed by atoms with van der Waals surface area (Å²) in [4.78, 5) is 30.5. The lowest BCUT2D eigenvalue weighted by molar-refractivity contribution is -0.121. The third kappa shape index (κ3) is 4.92. The summed E-state index contributed by atoms with van der Waals surface area (Å²) < 4.78 is 10.5. The largest absolute Gasteiger partial charge is 0.493 e. The quantitative estimate of drug-likeness (QED) is 0.772. The second-order valence-electron chi connectivity index (χ2n) is 6.44. The van der Waals surface area contributed by atoms with Gasteiger partial charge < -0.3 is 25.0 Å². The molecule has 1 fully saturated rings. The molecule has 0 unspecified atom stereocenters. The predicted octanol–water partition coefficient (Wildman–Crippen LogP) is 2.72. The van der Waals surface area contributed by atoms with Crippen molar-refractivity contribution in [3.8, 4) is 11.5 Å². The summed E-state index contributed by atoms with van der Waals surface area (Å²) in [6, 6.07) is 5.41. The molecule has 8 nitrogen and oxygen atoms in total. The molecule has 1 saturated heterocycles. The first kappa shape index (κ1) is 19.9. The number of piperidine rings is 1. The van der Waals surface area contributed by atoms with E-state index in [2.05, 4.69) is 15.6 Å². The molecule has 150 valence electrons. The zero-order chi connectivity index (χ0) is 19.9. The number of likely N-dealkylation sites (tertiary alicyclic amines) is 1. The van der Waals surface area contributed by atoms with Gasteiger partial charge in [-0.25, -0.2) is 9.78 Å². The van der Waals surface area contributed by atoms with Crippen LogP contribution in [-0.4, -0.2) is 49.1 Å². The summed E-state index contributed by atoms with van der Waals surface area (Å²) in [6.07, 6.45) is 2.94. The molecular weight excluding hydrogens is 380 g/mol. The van der Waals surface area contributed by atoms with Gasteiger partial charge in [-0.1, -0.05) is 6.07 Å². The molecule has 3 amide bonds. The summed E-state index contributed by atoms with van der Waals surface area (Å²) in [5.74, 6) is 1.15. The maximum absolute atomic E-state index is 12.4. The Balaban J connectivity index is 1.45. The lowest BCUT2D eigenvalue weighted by Crippen LogP contribution is -2.45. The third-order valence-corrected chi connectivity index (χ3v) is 5.40. The molecule has 2 N–H and O–H groups in total. The number of nitrogens with zero attached hydrogens (tertiary/aromatic N) is 2. The van der Waals surface area contributed by atoms with Crippen LogP contribution < -0.4 is 20.1 Å². The van der Waals surface area contributed by atoms with Crippen molar-refractivity contribution in [3.05, 3.63) is 35.3 Å². The normalized spacial score (nSPS) is 14.4. The summed E-state index contributed by atoms with van der Waals surface area (Å²) >= 11 is 1.40. The summed E-state index contributed by atoms with van der Waals surface area (Å²) in [5.41, 5.74) is 0.920. The Bertz CT molecular complexity index is 804. The van der Waals surface area contributed by atoms with Crippen LogP contribution in [0.3, 0.4) is 0 Å². The highest BCUT2D eigenvalue weighted by atomic mass is 32.1. The Hall–Kier alpha value is -2.81. The number of ether oxygens (including phenoxy) is 2. The number of urea groups is 1. The molecule has 2 aromatic rings. The van der Waals surface area contributed by atoms with Gasteiger partial charge in [-0.2, -0.15) is 0 Å². The molecule has 1 aliphatic heterocycles. The Labute approximate surface area is 167 Å². The van der Waals surface area contributed by atoms with Crippen molar-refractivity contribution in [1.82, 2.24) is 15.2 Å². The van der Waals surface area contributed by atoms with Crippen LogP contribution in [0.1, 0.15) is 18.4 Å². The molecule has 0 aliphatic carbocycles. The molecule has 1 aromatic heterocycles. The first-order valence-electron chi connectivity index (χ1n) is 9.04. The number of methoxy groups -OCH3 is 2. The number of hydrogen-bond donors (Lipinski definition) is 2. The van der Waals surface area contributed by atoms with Gasteiger partial charge in [0, 0.05) is 37.1 Å². The standard InChI is InChI=1S/C19H24N4O4S/c1-26-15-4-3-13(11-16(15)27-2)12-21-19(25)23-8-5-14(6-9-23)17(24)22-18-20-7-10-28-18/h3-4,7,10-11,14H,5-6,8-9,12H2,1-2H3,(H,21,25)(H,20,22,24). The Kier molecular flexibility index (Phi) is 6.70. The van der Waals surface area contributed by atoms with E-state index in [4.69, 9.17) is 9.47 Å². The van der Waals surface area contributed by atoms with Crippen LogP contribution in [0.2, 0.25) is 0 Å². The van der Waals surface area contributed by atoms with Crippen molar-refractivity contribution in [2.24, 2.45) is 5.92 Å². The van der Waals surface area contributed by atoms with Gasteiger partial charge in [-0.15, -0.1) is 11.3 Å². The number of aromatic nitrogens is 1. The van der Waals surface area contributed by atoms with Crippen molar-refractivity contribution >= 4 is 28.4 Å². The van der Waals surface area contributed by atoms with Gasteiger partial charge in [0.15, 0.2) is 16.6 Å². The minimum absolute atomic E-state index is 0.0275. The summed E-state index contributed by atoms with van der Waals surface area (Å²) in [5, 5.41) is 8.18. The SMILES string of the molecule is COc1ccc(CNC(=O)N2CCC(C(=O)Nc3nccs3)CC2)cc1OC. The highest BCUT2D eigenvalue weighted by Crippen LogP contribution is 2.27. The number of nitrogens with one attached hydrogen (secondary N) is 2. The van der Waals surface area contributed by atoms with Crippen molar-refractivity contribution in [2.75, 3.05) is 32.6 Å². The highest BCUT2D eigenvalue weighted by molar-refractivity contribution is 7.13. The smallest absolute Gasteiger partial charge is 0.317 e. The highest BCUT2D eigenvalue weighted by Gasteiger charge is 2.27. The van der Waals surface area contributed by atoms with E-state index in [1.807, 2.05) is 23.6 Å². The Morgan fingerprint density at radius 2 is 1.96 bits per heavy atom. The van der Waals surface area contributed by atoms with Crippen LogP contribution in [0.15, 0.2) is 29.8 Å². The number of carbonyl (C=O) groups is 2. The molecule has 0 atom stereocenters. The van der Waals surface area contributed by atoms with Gasteiger partial charge >= 0.3 is 6.03 Å². The van der Waals surface area contributed by atoms with Gasteiger partial charge in [0.1, 0.15) is 0 Å². The molecule has 0 spiro atoms. The number of amides is 3. The van der Waals surface area contributed by atoms with E-state index in [9.17, 15) is 9.59 Å². The maximum atomic E-state index is 12.4. The molecule has 1 aromatic carbocycles. The van der Waals surface area contributed by atoms with Gasteiger partial charge in [0.05, 0.1) is 14.2 Å².